The maximum Gasteiger partial charge on any atom is 0.223 e. The summed E-state index contributed by atoms with van der Waals surface area (Å²) in [5, 5.41) is 3.08. The van der Waals surface area contributed by atoms with Gasteiger partial charge in [-0.25, -0.2) is 0 Å². The van der Waals surface area contributed by atoms with Crippen molar-refractivity contribution >= 4 is 21.8 Å². The van der Waals surface area contributed by atoms with Gasteiger partial charge in [-0.15, -0.1) is 0 Å². The Morgan fingerprint density at radius 1 is 1.31 bits per heavy atom. The molecule has 1 N–H and O–H groups in total. The SMILES string of the molecule is CCC(Br)CCNC(=O)C1CCCCCC1. The molecule has 1 unspecified atom stereocenters. The molecule has 0 heterocycles. The number of hydrogen-bond donors (Lipinski definition) is 1. The Morgan fingerprint density at radius 2 is 1.94 bits per heavy atom. The predicted octanol–water partition coefficient (Wildman–Crippen LogP) is 3.64. The van der Waals surface area contributed by atoms with Crippen molar-refractivity contribution in [3.05, 3.63) is 0 Å². The molecule has 1 saturated carbocycles. The molecule has 0 aliphatic heterocycles. The van der Waals surface area contributed by atoms with E-state index in [1.54, 1.807) is 0 Å². The van der Waals surface area contributed by atoms with Crippen molar-refractivity contribution in [2.75, 3.05) is 6.54 Å². The fourth-order valence-corrected chi connectivity index (χ4v) is 2.47. The molecule has 3 heteroatoms. The summed E-state index contributed by atoms with van der Waals surface area (Å²) in [6.45, 7) is 2.98. The maximum atomic E-state index is 11.9. The first kappa shape index (κ1) is 14.0. The van der Waals surface area contributed by atoms with E-state index in [-0.39, 0.29) is 11.8 Å². The number of carbonyl (C=O) groups is 1. The van der Waals surface area contributed by atoms with Gasteiger partial charge in [-0.3, -0.25) is 4.79 Å². The van der Waals surface area contributed by atoms with Gasteiger partial charge in [0.15, 0.2) is 0 Å². The van der Waals surface area contributed by atoms with Crippen molar-refractivity contribution in [2.45, 2.75) is 63.1 Å². The molecular formula is C13H24BrNO. The number of halogens is 1. The van der Waals surface area contributed by atoms with Gasteiger partial charge in [0.1, 0.15) is 0 Å². The van der Waals surface area contributed by atoms with Crippen LogP contribution in [0.4, 0.5) is 0 Å². The van der Waals surface area contributed by atoms with Crippen LogP contribution >= 0.6 is 15.9 Å². The number of nitrogens with one attached hydrogen (secondary N) is 1. The first-order valence-corrected chi connectivity index (χ1v) is 7.57. The lowest BCUT2D eigenvalue weighted by molar-refractivity contribution is -0.125. The van der Waals surface area contributed by atoms with Gasteiger partial charge in [0.2, 0.25) is 5.91 Å². The van der Waals surface area contributed by atoms with E-state index in [1.807, 2.05) is 0 Å². The van der Waals surface area contributed by atoms with Gasteiger partial charge in [0, 0.05) is 17.3 Å². The predicted molar refractivity (Wildman–Crippen MR) is 71.8 cm³/mol. The zero-order valence-corrected chi connectivity index (χ0v) is 11.9. The van der Waals surface area contributed by atoms with Crippen molar-refractivity contribution < 1.29 is 4.79 Å². The third-order valence-electron chi connectivity index (χ3n) is 3.43. The molecule has 1 aliphatic carbocycles. The molecular weight excluding hydrogens is 266 g/mol. The molecule has 1 atom stereocenters. The van der Waals surface area contributed by atoms with Crippen LogP contribution in [0.15, 0.2) is 0 Å². The lowest BCUT2D eigenvalue weighted by Gasteiger charge is -2.14. The molecule has 0 aromatic carbocycles. The lowest BCUT2D eigenvalue weighted by atomic mass is 9.99. The van der Waals surface area contributed by atoms with Crippen LogP contribution in [0.5, 0.6) is 0 Å². The van der Waals surface area contributed by atoms with Crippen molar-refractivity contribution in [3.63, 3.8) is 0 Å². The van der Waals surface area contributed by atoms with Gasteiger partial charge in [0.05, 0.1) is 0 Å². The van der Waals surface area contributed by atoms with Gasteiger partial charge in [0.25, 0.3) is 0 Å². The second-order valence-electron chi connectivity index (χ2n) is 4.77. The summed E-state index contributed by atoms with van der Waals surface area (Å²) in [7, 11) is 0. The third kappa shape index (κ3) is 5.33. The van der Waals surface area contributed by atoms with Crippen LogP contribution in [0.25, 0.3) is 0 Å². The second kappa shape index (κ2) is 8.10. The monoisotopic (exact) mass is 289 g/mol. The van der Waals surface area contributed by atoms with Crippen LogP contribution < -0.4 is 5.32 Å². The van der Waals surface area contributed by atoms with Gasteiger partial charge in [-0.05, 0) is 25.7 Å². The Kier molecular flexibility index (Phi) is 7.10. The largest absolute Gasteiger partial charge is 0.356 e. The van der Waals surface area contributed by atoms with E-state index in [9.17, 15) is 4.79 Å². The van der Waals surface area contributed by atoms with Crippen LogP contribution in [0.3, 0.4) is 0 Å². The fraction of sp³-hybridized carbons (Fsp3) is 0.923. The quantitative estimate of drug-likeness (QED) is 0.608. The first-order valence-electron chi connectivity index (χ1n) is 6.65. The lowest BCUT2D eigenvalue weighted by Crippen LogP contribution is -2.32. The van der Waals surface area contributed by atoms with Crippen molar-refractivity contribution in [1.29, 1.82) is 0 Å². The molecule has 1 aliphatic rings. The smallest absolute Gasteiger partial charge is 0.223 e. The molecule has 0 aromatic heterocycles. The Hall–Kier alpha value is -0.0500. The minimum absolute atomic E-state index is 0.290. The number of hydrogen-bond acceptors (Lipinski definition) is 1. The minimum Gasteiger partial charge on any atom is -0.356 e. The number of amides is 1. The van der Waals surface area contributed by atoms with Crippen molar-refractivity contribution in [1.82, 2.24) is 5.32 Å². The van der Waals surface area contributed by atoms with E-state index in [0.29, 0.717) is 4.83 Å². The number of rotatable bonds is 5. The molecule has 0 spiro atoms. The third-order valence-corrected chi connectivity index (χ3v) is 4.53. The molecule has 0 saturated heterocycles. The summed E-state index contributed by atoms with van der Waals surface area (Å²) in [5.74, 6) is 0.579. The van der Waals surface area contributed by atoms with E-state index in [2.05, 4.69) is 28.2 Å². The zero-order valence-electron chi connectivity index (χ0n) is 10.3. The van der Waals surface area contributed by atoms with E-state index < -0.39 is 0 Å². The van der Waals surface area contributed by atoms with Crippen LogP contribution in [0, 0.1) is 5.92 Å². The van der Waals surface area contributed by atoms with Gasteiger partial charge in [-0.2, -0.15) is 0 Å². The molecule has 1 rings (SSSR count). The van der Waals surface area contributed by atoms with Gasteiger partial charge >= 0.3 is 0 Å². The average molecular weight is 290 g/mol. The molecule has 0 aromatic rings. The van der Waals surface area contributed by atoms with Gasteiger partial charge in [-0.1, -0.05) is 48.5 Å². The van der Waals surface area contributed by atoms with Crippen LogP contribution in [0.2, 0.25) is 0 Å². The zero-order chi connectivity index (χ0) is 11.8. The van der Waals surface area contributed by atoms with E-state index >= 15 is 0 Å². The van der Waals surface area contributed by atoms with Crippen molar-refractivity contribution in [2.24, 2.45) is 5.92 Å². The number of carbonyl (C=O) groups excluding carboxylic acids is 1. The molecule has 94 valence electrons. The normalized spacial score (nSPS) is 20.1. The van der Waals surface area contributed by atoms with Crippen LogP contribution in [0.1, 0.15) is 58.3 Å². The van der Waals surface area contributed by atoms with Gasteiger partial charge < -0.3 is 5.32 Å². The Morgan fingerprint density at radius 3 is 2.50 bits per heavy atom. The summed E-state index contributed by atoms with van der Waals surface area (Å²) < 4.78 is 0. The summed E-state index contributed by atoms with van der Waals surface area (Å²) in [6, 6.07) is 0. The summed E-state index contributed by atoms with van der Waals surface area (Å²) in [4.78, 5) is 12.4. The standard InChI is InChI=1S/C13H24BrNO/c1-2-12(14)9-10-15-13(16)11-7-5-3-4-6-8-11/h11-12H,2-10H2,1H3,(H,15,16). The molecule has 1 fully saturated rings. The van der Waals surface area contributed by atoms with E-state index in [0.717, 1.165) is 32.2 Å². The van der Waals surface area contributed by atoms with E-state index in [1.165, 1.54) is 25.7 Å². The summed E-state index contributed by atoms with van der Waals surface area (Å²) in [5.41, 5.74) is 0. The average Bonchev–Trinajstić information content (AvgIpc) is 2.57. The topological polar surface area (TPSA) is 29.1 Å². The molecule has 0 bridgehead atoms. The summed E-state index contributed by atoms with van der Waals surface area (Å²) >= 11 is 3.58. The Balaban J connectivity index is 2.17. The van der Waals surface area contributed by atoms with Crippen LogP contribution in [-0.4, -0.2) is 17.3 Å². The molecule has 16 heavy (non-hydrogen) atoms. The fourth-order valence-electron chi connectivity index (χ4n) is 2.24. The van der Waals surface area contributed by atoms with Crippen LogP contribution in [-0.2, 0) is 4.79 Å². The highest BCUT2D eigenvalue weighted by molar-refractivity contribution is 9.09. The van der Waals surface area contributed by atoms with E-state index in [4.69, 9.17) is 0 Å². The van der Waals surface area contributed by atoms with Crippen molar-refractivity contribution in [3.8, 4) is 0 Å². The molecule has 0 radical (unpaired) electrons. The number of alkyl halides is 1. The molecule has 2 nitrogen and oxygen atoms in total. The highest BCUT2D eigenvalue weighted by Gasteiger charge is 2.19. The Bertz CT molecular complexity index is 200. The highest BCUT2D eigenvalue weighted by Crippen LogP contribution is 2.22. The minimum atomic E-state index is 0.290. The molecule has 1 amide bonds. The summed E-state index contributed by atoms with van der Waals surface area (Å²) in [6.07, 6.45) is 9.43. The Labute approximate surface area is 108 Å². The second-order valence-corrected chi connectivity index (χ2v) is 6.07. The maximum absolute atomic E-state index is 11.9. The highest BCUT2D eigenvalue weighted by atomic mass is 79.9. The first-order chi connectivity index (χ1) is 7.74.